The number of hydrogen-bond donors (Lipinski definition) is 5. The first-order valence-corrected chi connectivity index (χ1v) is 16.6. The first kappa shape index (κ1) is 37.7. The molecule has 1 saturated heterocycles. The van der Waals surface area contributed by atoms with Crippen molar-refractivity contribution < 1.29 is 33.9 Å². The molecule has 5 atom stereocenters. The van der Waals surface area contributed by atoms with Crippen molar-refractivity contribution in [2.75, 3.05) is 6.54 Å². The van der Waals surface area contributed by atoms with E-state index in [1.807, 2.05) is 55.1 Å². The molecule has 260 valence electrons. The third kappa shape index (κ3) is 12.1. The van der Waals surface area contributed by atoms with Crippen LogP contribution in [0.1, 0.15) is 70.4 Å². The van der Waals surface area contributed by atoms with Gasteiger partial charge in [0, 0.05) is 31.8 Å². The topological polar surface area (TPSA) is 188 Å². The predicted molar refractivity (Wildman–Crippen MR) is 180 cm³/mol. The normalized spacial score (nSPS) is 16.8. The molecule has 12 heteroatoms. The molecule has 0 bridgehead atoms. The minimum Gasteiger partial charge on any atom is -0.481 e. The van der Waals surface area contributed by atoms with Crippen LogP contribution in [0.2, 0.25) is 0 Å². The summed E-state index contributed by atoms with van der Waals surface area (Å²) in [6, 6.07) is 15.2. The van der Waals surface area contributed by atoms with Crippen LogP contribution in [0.5, 0.6) is 0 Å². The van der Waals surface area contributed by atoms with Crippen molar-refractivity contribution in [3.63, 3.8) is 0 Å². The van der Waals surface area contributed by atoms with Crippen LogP contribution in [-0.2, 0) is 41.6 Å². The highest BCUT2D eigenvalue weighted by atomic mass is 16.4. The second kappa shape index (κ2) is 18.6. The summed E-state index contributed by atoms with van der Waals surface area (Å²) in [5.74, 6) is -4.15. The van der Waals surface area contributed by atoms with Gasteiger partial charge in [0.25, 0.3) is 0 Å². The lowest BCUT2D eigenvalue weighted by Crippen LogP contribution is -2.55. The molecular weight excluding hydrogens is 614 g/mol. The highest BCUT2D eigenvalue weighted by Gasteiger charge is 2.35. The van der Waals surface area contributed by atoms with E-state index in [0.29, 0.717) is 32.2 Å². The number of carboxylic acids is 1. The zero-order valence-electron chi connectivity index (χ0n) is 28.0. The SMILES string of the molecule is CC(=O)N[C@@H](CC(C)C)C(=O)N1CCC[C@H]1CC[C@@H](Cc1ccccc1)C(=O)N[C@@H](Cc1ccccc1)C(=O)N[C@@H](CC(=O)O)C(N)=O. The molecule has 6 N–H and O–H groups in total. The van der Waals surface area contributed by atoms with E-state index in [4.69, 9.17) is 5.73 Å². The smallest absolute Gasteiger partial charge is 0.305 e. The van der Waals surface area contributed by atoms with Crippen LogP contribution in [0.25, 0.3) is 0 Å². The molecule has 0 saturated carbocycles. The van der Waals surface area contributed by atoms with E-state index >= 15 is 0 Å². The fourth-order valence-electron chi connectivity index (χ4n) is 6.20. The lowest BCUT2D eigenvalue weighted by Gasteiger charge is -2.31. The molecular formula is C36H49N5O7. The van der Waals surface area contributed by atoms with Crippen LogP contribution >= 0.6 is 0 Å². The van der Waals surface area contributed by atoms with Gasteiger partial charge < -0.3 is 31.7 Å². The second-order valence-electron chi connectivity index (χ2n) is 13.0. The Balaban J connectivity index is 1.82. The minimum atomic E-state index is -1.45. The van der Waals surface area contributed by atoms with Crippen LogP contribution in [0.4, 0.5) is 0 Å². The largest absolute Gasteiger partial charge is 0.481 e. The van der Waals surface area contributed by atoms with Gasteiger partial charge in [-0.1, -0.05) is 74.5 Å². The Morgan fingerprint density at radius 3 is 1.96 bits per heavy atom. The van der Waals surface area contributed by atoms with Gasteiger partial charge in [0.05, 0.1) is 6.42 Å². The molecule has 3 rings (SSSR count). The number of amides is 5. The van der Waals surface area contributed by atoms with Crippen molar-refractivity contribution in [3.8, 4) is 0 Å². The lowest BCUT2D eigenvalue weighted by atomic mass is 9.90. The average Bonchev–Trinajstić information content (AvgIpc) is 3.50. The van der Waals surface area contributed by atoms with E-state index in [1.54, 1.807) is 24.3 Å². The fraction of sp³-hybridized carbons (Fsp3) is 0.500. The quantitative estimate of drug-likeness (QED) is 0.162. The molecule has 0 radical (unpaired) electrons. The summed E-state index contributed by atoms with van der Waals surface area (Å²) >= 11 is 0. The number of benzene rings is 2. The van der Waals surface area contributed by atoms with Gasteiger partial charge >= 0.3 is 5.97 Å². The Morgan fingerprint density at radius 1 is 0.833 bits per heavy atom. The number of primary amides is 1. The van der Waals surface area contributed by atoms with Gasteiger partial charge in [-0.2, -0.15) is 0 Å². The Labute approximate surface area is 282 Å². The van der Waals surface area contributed by atoms with Crippen LogP contribution in [-0.4, -0.2) is 76.2 Å². The number of nitrogens with zero attached hydrogens (tertiary/aromatic N) is 1. The average molecular weight is 664 g/mol. The van der Waals surface area contributed by atoms with Crippen molar-refractivity contribution in [2.24, 2.45) is 17.6 Å². The summed E-state index contributed by atoms with van der Waals surface area (Å²) in [7, 11) is 0. The van der Waals surface area contributed by atoms with Crippen LogP contribution in [0.15, 0.2) is 60.7 Å². The highest BCUT2D eigenvalue weighted by molar-refractivity contribution is 5.93. The zero-order valence-corrected chi connectivity index (χ0v) is 28.0. The van der Waals surface area contributed by atoms with Gasteiger partial charge in [-0.25, -0.2) is 0 Å². The Kier molecular flexibility index (Phi) is 14.6. The summed E-state index contributed by atoms with van der Waals surface area (Å²) in [5, 5.41) is 17.3. The Bertz CT molecular complexity index is 1400. The Morgan fingerprint density at radius 2 is 1.42 bits per heavy atom. The van der Waals surface area contributed by atoms with Gasteiger partial charge in [0.2, 0.25) is 29.5 Å². The van der Waals surface area contributed by atoms with E-state index in [9.17, 15) is 33.9 Å². The first-order chi connectivity index (χ1) is 22.8. The van der Waals surface area contributed by atoms with E-state index in [-0.39, 0.29) is 36.1 Å². The molecule has 12 nitrogen and oxygen atoms in total. The molecule has 0 aliphatic carbocycles. The highest BCUT2D eigenvalue weighted by Crippen LogP contribution is 2.26. The minimum absolute atomic E-state index is 0.0975. The first-order valence-electron chi connectivity index (χ1n) is 16.6. The van der Waals surface area contributed by atoms with Gasteiger partial charge in [0.15, 0.2) is 0 Å². The van der Waals surface area contributed by atoms with E-state index in [0.717, 1.165) is 24.0 Å². The predicted octanol–water partition coefficient (Wildman–Crippen LogP) is 2.34. The van der Waals surface area contributed by atoms with E-state index < -0.39 is 48.2 Å². The number of aliphatic carboxylic acids is 1. The molecule has 1 aliphatic rings. The number of rotatable bonds is 18. The second-order valence-corrected chi connectivity index (χ2v) is 13.0. The van der Waals surface area contributed by atoms with Crippen LogP contribution in [0, 0.1) is 11.8 Å². The van der Waals surface area contributed by atoms with E-state index in [1.165, 1.54) is 6.92 Å². The Hall–Kier alpha value is -4.74. The van der Waals surface area contributed by atoms with Gasteiger partial charge in [-0.05, 0) is 55.6 Å². The number of nitrogens with two attached hydrogens (primary N) is 1. The summed E-state index contributed by atoms with van der Waals surface area (Å²) in [6.45, 7) is 5.98. The van der Waals surface area contributed by atoms with Crippen LogP contribution in [0.3, 0.4) is 0 Å². The molecule has 1 aliphatic heterocycles. The molecule has 48 heavy (non-hydrogen) atoms. The standard InChI is InChI=1S/C36H49N5O7/c1-23(2)19-31(38-24(3)42)36(48)41-18-10-15-28(41)17-16-27(20-25-11-6-4-7-12-25)34(46)40-30(21-26-13-8-5-9-14-26)35(47)39-29(33(37)45)22-32(43)44/h4-9,11-14,23,27-31H,10,15-22H2,1-3H3,(H2,37,45)(H,38,42)(H,39,47)(H,40,46)(H,43,44)/t27-,28-,29-,30-,31-/m0/s1. The number of nitrogens with one attached hydrogen (secondary N) is 3. The van der Waals surface area contributed by atoms with Crippen molar-refractivity contribution in [2.45, 2.75) is 96.3 Å². The summed E-state index contributed by atoms with van der Waals surface area (Å²) in [4.78, 5) is 78.0. The maximum absolute atomic E-state index is 14.0. The molecule has 2 aromatic carbocycles. The van der Waals surface area contributed by atoms with Crippen molar-refractivity contribution in [1.29, 1.82) is 0 Å². The maximum atomic E-state index is 14.0. The lowest BCUT2D eigenvalue weighted by molar-refractivity contribution is -0.140. The van der Waals surface area contributed by atoms with E-state index in [2.05, 4.69) is 16.0 Å². The number of carbonyl (C=O) groups is 6. The number of hydrogen-bond acceptors (Lipinski definition) is 6. The molecule has 0 unspecified atom stereocenters. The maximum Gasteiger partial charge on any atom is 0.305 e. The summed E-state index contributed by atoms with van der Waals surface area (Å²) in [5.41, 5.74) is 7.05. The number of carboxylic acid groups (broad SMARTS) is 1. The van der Waals surface area contributed by atoms with Gasteiger partial charge in [-0.15, -0.1) is 0 Å². The zero-order chi connectivity index (χ0) is 35.2. The molecule has 1 heterocycles. The number of likely N-dealkylation sites (tertiary alicyclic amines) is 1. The van der Waals surface area contributed by atoms with Crippen molar-refractivity contribution >= 4 is 35.5 Å². The third-order valence-electron chi connectivity index (χ3n) is 8.54. The molecule has 5 amide bonds. The summed E-state index contributed by atoms with van der Waals surface area (Å²) in [6.07, 6.45) is 2.87. The van der Waals surface area contributed by atoms with Gasteiger partial charge in [-0.3, -0.25) is 28.8 Å². The van der Waals surface area contributed by atoms with Crippen molar-refractivity contribution in [3.05, 3.63) is 71.8 Å². The van der Waals surface area contributed by atoms with Crippen LogP contribution < -0.4 is 21.7 Å². The monoisotopic (exact) mass is 663 g/mol. The third-order valence-corrected chi connectivity index (χ3v) is 8.54. The molecule has 2 aromatic rings. The molecule has 0 spiro atoms. The molecule has 0 aromatic heterocycles. The van der Waals surface area contributed by atoms with Gasteiger partial charge in [0.1, 0.15) is 18.1 Å². The fourth-order valence-corrected chi connectivity index (χ4v) is 6.20. The molecule has 1 fully saturated rings. The van der Waals surface area contributed by atoms with Crippen molar-refractivity contribution in [1.82, 2.24) is 20.9 Å². The number of carbonyl (C=O) groups excluding carboxylic acids is 5. The summed E-state index contributed by atoms with van der Waals surface area (Å²) < 4.78 is 0.